The number of guanidine groups is 1. The van der Waals surface area contributed by atoms with Gasteiger partial charge in [0.25, 0.3) is 0 Å². The lowest BCUT2D eigenvalue weighted by Gasteiger charge is -2.40. The van der Waals surface area contributed by atoms with E-state index >= 15 is 0 Å². The van der Waals surface area contributed by atoms with E-state index in [1.165, 1.54) is 43.2 Å². The van der Waals surface area contributed by atoms with Gasteiger partial charge in [-0.15, -0.1) is 0 Å². The molecule has 0 spiro atoms. The summed E-state index contributed by atoms with van der Waals surface area (Å²) in [4.78, 5) is 7.02. The Morgan fingerprint density at radius 3 is 2.72 bits per heavy atom. The van der Waals surface area contributed by atoms with Crippen molar-refractivity contribution in [3.05, 3.63) is 35.4 Å². The average molecular weight is 402 g/mol. The van der Waals surface area contributed by atoms with E-state index in [1.54, 1.807) is 7.11 Å². The van der Waals surface area contributed by atoms with E-state index in [2.05, 4.69) is 46.4 Å². The Morgan fingerprint density at radius 1 is 1.21 bits per heavy atom. The van der Waals surface area contributed by atoms with Crippen LogP contribution in [0.5, 0.6) is 0 Å². The number of ether oxygens (including phenoxy) is 2. The van der Waals surface area contributed by atoms with E-state index in [-0.39, 0.29) is 5.41 Å². The fourth-order valence-electron chi connectivity index (χ4n) is 5.07. The molecule has 0 amide bonds. The summed E-state index contributed by atoms with van der Waals surface area (Å²) in [6.07, 6.45) is 7.68. The van der Waals surface area contributed by atoms with Crippen molar-refractivity contribution < 1.29 is 9.47 Å². The van der Waals surface area contributed by atoms with E-state index < -0.39 is 0 Å². The highest BCUT2D eigenvalue weighted by Gasteiger charge is 2.35. The molecule has 1 saturated carbocycles. The first-order valence-corrected chi connectivity index (χ1v) is 11.3. The lowest BCUT2D eigenvalue weighted by molar-refractivity contribution is 0.0536. The van der Waals surface area contributed by atoms with Gasteiger partial charge < -0.3 is 19.7 Å². The van der Waals surface area contributed by atoms with Crippen molar-refractivity contribution >= 4 is 5.96 Å². The molecular weight excluding hydrogens is 362 g/mol. The molecule has 5 nitrogen and oxygen atoms in total. The number of likely N-dealkylation sites (tertiary alicyclic amines) is 1. The van der Waals surface area contributed by atoms with E-state index in [1.807, 2.05) is 7.05 Å². The van der Waals surface area contributed by atoms with Crippen molar-refractivity contribution in [1.29, 1.82) is 0 Å². The molecule has 1 unspecified atom stereocenters. The molecule has 1 aromatic carbocycles. The van der Waals surface area contributed by atoms with Gasteiger partial charge in [0, 0.05) is 45.1 Å². The molecule has 1 N–H and O–H groups in total. The van der Waals surface area contributed by atoms with Gasteiger partial charge >= 0.3 is 0 Å². The highest BCUT2D eigenvalue weighted by molar-refractivity contribution is 5.80. The molecule has 1 heterocycles. The number of aryl methyl sites for hydroxylation is 1. The van der Waals surface area contributed by atoms with Crippen LogP contribution in [0.4, 0.5) is 0 Å². The summed E-state index contributed by atoms with van der Waals surface area (Å²) in [6.45, 7) is 7.45. The van der Waals surface area contributed by atoms with Crippen molar-refractivity contribution in [2.45, 2.75) is 50.9 Å². The number of hydrogen-bond acceptors (Lipinski definition) is 3. The number of methoxy groups -OCH3 is 1. The number of rotatable bonds is 8. The minimum Gasteiger partial charge on any atom is -0.382 e. The molecule has 1 atom stereocenters. The van der Waals surface area contributed by atoms with Crippen LogP contribution in [0, 0.1) is 12.8 Å². The van der Waals surface area contributed by atoms with E-state index in [4.69, 9.17) is 9.47 Å². The number of benzene rings is 1. The van der Waals surface area contributed by atoms with Gasteiger partial charge in [-0.25, -0.2) is 0 Å². The van der Waals surface area contributed by atoms with Gasteiger partial charge in [0.1, 0.15) is 0 Å². The summed E-state index contributed by atoms with van der Waals surface area (Å²) in [7, 11) is 3.62. The molecule has 1 aliphatic heterocycles. The summed E-state index contributed by atoms with van der Waals surface area (Å²) < 4.78 is 10.8. The van der Waals surface area contributed by atoms with Gasteiger partial charge in [-0.1, -0.05) is 43.5 Å². The number of nitrogens with one attached hydrogen (secondary N) is 1. The number of nitrogens with zero attached hydrogens (tertiary/aromatic N) is 2. The predicted octanol–water partition coefficient (Wildman–Crippen LogP) is 3.76. The molecule has 1 aliphatic carbocycles. The Morgan fingerprint density at radius 2 is 2.00 bits per heavy atom. The van der Waals surface area contributed by atoms with Crippen LogP contribution in [0.3, 0.4) is 0 Å². The van der Waals surface area contributed by atoms with Crippen molar-refractivity contribution in [2.75, 3.05) is 53.6 Å². The van der Waals surface area contributed by atoms with Gasteiger partial charge in [0.2, 0.25) is 0 Å². The zero-order chi connectivity index (χ0) is 20.5. The minimum atomic E-state index is 0.224. The van der Waals surface area contributed by atoms with Crippen LogP contribution in [-0.4, -0.2) is 64.5 Å². The van der Waals surface area contributed by atoms with Crippen LogP contribution >= 0.6 is 0 Å². The van der Waals surface area contributed by atoms with Gasteiger partial charge in [0.15, 0.2) is 5.96 Å². The average Bonchev–Trinajstić information content (AvgIpc) is 3.21. The Balaban J connectivity index is 1.59. The third-order valence-corrected chi connectivity index (χ3v) is 6.69. The lowest BCUT2D eigenvalue weighted by atomic mass is 9.68. The fourth-order valence-corrected chi connectivity index (χ4v) is 5.07. The quantitative estimate of drug-likeness (QED) is 0.409. The van der Waals surface area contributed by atoms with Crippen LogP contribution in [0.25, 0.3) is 0 Å². The molecule has 2 aliphatic rings. The molecule has 0 radical (unpaired) electrons. The van der Waals surface area contributed by atoms with Gasteiger partial charge in [-0.2, -0.15) is 0 Å². The monoisotopic (exact) mass is 401 g/mol. The molecule has 0 aromatic heterocycles. The zero-order valence-corrected chi connectivity index (χ0v) is 18.6. The van der Waals surface area contributed by atoms with Crippen LogP contribution in [-0.2, 0) is 14.9 Å². The maximum Gasteiger partial charge on any atom is 0.193 e. The van der Waals surface area contributed by atoms with Gasteiger partial charge in [-0.3, -0.25) is 4.99 Å². The molecule has 2 fully saturated rings. The summed E-state index contributed by atoms with van der Waals surface area (Å²) in [5.41, 5.74) is 3.16. The normalized spacial score (nSPS) is 22.1. The lowest BCUT2D eigenvalue weighted by Crippen LogP contribution is -2.48. The van der Waals surface area contributed by atoms with Crippen LogP contribution in [0.2, 0.25) is 0 Å². The zero-order valence-electron chi connectivity index (χ0n) is 18.6. The Labute approximate surface area is 176 Å². The molecule has 0 bridgehead atoms. The number of hydrogen-bond donors (Lipinski definition) is 1. The second kappa shape index (κ2) is 11.0. The third-order valence-electron chi connectivity index (χ3n) is 6.69. The smallest absolute Gasteiger partial charge is 0.193 e. The summed E-state index contributed by atoms with van der Waals surface area (Å²) in [5, 5.41) is 3.76. The van der Waals surface area contributed by atoms with Crippen LogP contribution in [0.15, 0.2) is 29.3 Å². The fraction of sp³-hybridized carbons (Fsp3) is 0.708. The van der Waals surface area contributed by atoms with Crippen LogP contribution < -0.4 is 5.32 Å². The van der Waals surface area contributed by atoms with E-state index in [0.29, 0.717) is 19.1 Å². The molecule has 3 rings (SSSR count). The first-order chi connectivity index (χ1) is 14.2. The van der Waals surface area contributed by atoms with Gasteiger partial charge in [-0.05, 0) is 37.3 Å². The molecule has 1 aromatic rings. The Bertz CT molecular complexity index is 655. The van der Waals surface area contributed by atoms with E-state index in [9.17, 15) is 0 Å². The van der Waals surface area contributed by atoms with Crippen molar-refractivity contribution in [2.24, 2.45) is 10.9 Å². The first-order valence-electron chi connectivity index (χ1n) is 11.3. The van der Waals surface area contributed by atoms with Crippen molar-refractivity contribution in [1.82, 2.24) is 10.2 Å². The van der Waals surface area contributed by atoms with E-state index in [0.717, 1.165) is 38.6 Å². The second-order valence-corrected chi connectivity index (χ2v) is 8.73. The highest BCUT2D eigenvalue weighted by Crippen LogP contribution is 2.40. The maximum absolute atomic E-state index is 5.75. The SMILES string of the molecule is CN=C(NCC1(c2ccccc2C)CCCCC1)N1CCC(COCCOC)C1. The first kappa shape index (κ1) is 22.1. The molecule has 162 valence electrons. The molecule has 5 heteroatoms. The standard InChI is InChI=1S/C24H39N3O2/c1-20-9-5-6-10-22(20)24(12-7-4-8-13-24)19-26-23(25-2)27-14-11-21(17-27)18-29-16-15-28-3/h5-6,9-10,21H,4,7-8,11-19H2,1-3H3,(H,25,26). The predicted molar refractivity (Wildman–Crippen MR) is 120 cm³/mol. The third kappa shape index (κ3) is 5.73. The van der Waals surface area contributed by atoms with Crippen molar-refractivity contribution in [3.8, 4) is 0 Å². The number of aliphatic imine (C=N–C) groups is 1. The topological polar surface area (TPSA) is 46.1 Å². The second-order valence-electron chi connectivity index (χ2n) is 8.73. The summed E-state index contributed by atoms with van der Waals surface area (Å²) in [5.74, 6) is 1.62. The highest BCUT2D eigenvalue weighted by atomic mass is 16.5. The largest absolute Gasteiger partial charge is 0.382 e. The minimum absolute atomic E-state index is 0.224. The molecule has 1 saturated heterocycles. The Kier molecular flexibility index (Phi) is 8.37. The summed E-state index contributed by atoms with van der Waals surface area (Å²) in [6, 6.07) is 8.95. The molecule has 29 heavy (non-hydrogen) atoms. The Hall–Kier alpha value is -1.59. The molecular formula is C24H39N3O2. The van der Waals surface area contributed by atoms with Crippen molar-refractivity contribution in [3.63, 3.8) is 0 Å². The maximum atomic E-state index is 5.75. The summed E-state index contributed by atoms with van der Waals surface area (Å²) >= 11 is 0. The van der Waals surface area contributed by atoms with Gasteiger partial charge in [0.05, 0.1) is 19.8 Å². The van der Waals surface area contributed by atoms with Crippen LogP contribution in [0.1, 0.15) is 49.7 Å².